The Balaban J connectivity index is 2.55. The van der Waals surface area contributed by atoms with Crippen LogP contribution in [0.4, 0.5) is 0 Å². The zero-order valence-corrected chi connectivity index (χ0v) is 11.6. The van der Waals surface area contributed by atoms with Crippen molar-refractivity contribution in [3.05, 3.63) is 0 Å². The summed E-state index contributed by atoms with van der Waals surface area (Å²) in [5.41, 5.74) is 0. The lowest BCUT2D eigenvalue weighted by Crippen LogP contribution is -2.49. The second-order valence-electron chi connectivity index (χ2n) is 5.07. The molecular weight excluding hydrogens is 232 g/mol. The van der Waals surface area contributed by atoms with E-state index in [-0.39, 0.29) is 12.5 Å². The number of carboxylic acids is 1. The van der Waals surface area contributed by atoms with E-state index in [2.05, 4.69) is 6.92 Å². The summed E-state index contributed by atoms with van der Waals surface area (Å²) in [4.78, 5) is 26.6. The first-order valence-electron chi connectivity index (χ1n) is 6.69. The SMILES string of the molecule is CCC1CCCCN1C(=O)CN(C)C(C)C(=O)O. The highest BCUT2D eigenvalue weighted by atomic mass is 16.4. The largest absolute Gasteiger partial charge is 0.480 e. The summed E-state index contributed by atoms with van der Waals surface area (Å²) in [6.07, 6.45) is 4.29. The van der Waals surface area contributed by atoms with Gasteiger partial charge in [0.15, 0.2) is 0 Å². The Labute approximate surface area is 109 Å². The fraction of sp³-hybridized carbons (Fsp3) is 0.846. The monoisotopic (exact) mass is 256 g/mol. The van der Waals surface area contributed by atoms with Gasteiger partial charge in [-0.05, 0) is 39.7 Å². The van der Waals surface area contributed by atoms with Gasteiger partial charge in [0.2, 0.25) is 5.91 Å². The zero-order chi connectivity index (χ0) is 13.7. The van der Waals surface area contributed by atoms with Crippen LogP contribution in [0.3, 0.4) is 0 Å². The van der Waals surface area contributed by atoms with Gasteiger partial charge < -0.3 is 10.0 Å². The summed E-state index contributed by atoms with van der Waals surface area (Å²) >= 11 is 0. The summed E-state index contributed by atoms with van der Waals surface area (Å²) in [7, 11) is 1.68. The minimum absolute atomic E-state index is 0.0529. The molecule has 0 spiro atoms. The fourth-order valence-corrected chi connectivity index (χ4v) is 2.38. The van der Waals surface area contributed by atoms with Gasteiger partial charge in [-0.3, -0.25) is 14.5 Å². The van der Waals surface area contributed by atoms with Crippen LogP contribution < -0.4 is 0 Å². The highest BCUT2D eigenvalue weighted by Crippen LogP contribution is 2.19. The number of hydrogen-bond acceptors (Lipinski definition) is 3. The molecule has 0 aromatic carbocycles. The van der Waals surface area contributed by atoms with Gasteiger partial charge in [0, 0.05) is 12.6 Å². The number of likely N-dealkylation sites (N-methyl/N-ethyl adjacent to an activating group) is 1. The van der Waals surface area contributed by atoms with Gasteiger partial charge in [-0.2, -0.15) is 0 Å². The molecule has 2 atom stereocenters. The number of carboxylic acid groups (broad SMARTS) is 1. The number of carbonyl (C=O) groups is 2. The second-order valence-corrected chi connectivity index (χ2v) is 5.07. The van der Waals surface area contributed by atoms with E-state index in [1.54, 1.807) is 18.9 Å². The van der Waals surface area contributed by atoms with Crippen molar-refractivity contribution in [2.45, 2.75) is 51.6 Å². The predicted octanol–water partition coefficient (Wildman–Crippen LogP) is 1.18. The van der Waals surface area contributed by atoms with Gasteiger partial charge in [0.05, 0.1) is 6.54 Å². The maximum absolute atomic E-state index is 12.2. The third-order valence-electron chi connectivity index (χ3n) is 3.82. The zero-order valence-electron chi connectivity index (χ0n) is 11.6. The highest BCUT2D eigenvalue weighted by Gasteiger charge is 2.27. The maximum Gasteiger partial charge on any atom is 0.320 e. The molecule has 1 rings (SSSR count). The average Bonchev–Trinajstić information content (AvgIpc) is 2.37. The number of likely N-dealkylation sites (tertiary alicyclic amines) is 1. The van der Waals surface area contributed by atoms with Crippen molar-refractivity contribution in [3.8, 4) is 0 Å². The molecule has 0 radical (unpaired) electrons. The molecule has 2 unspecified atom stereocenters. The number of carbonyl (C=O) groups excluding carboxylic acids is 1. The van der Waals surface area contributed by atoms with E-state index in [4.69, 9.17) is 5.11 Å². The first-order valence-corrected chi connectivity index (χ1v) is 6.69. The summed E-state index contributed by atoms with van der Waals surface area (Å²) in [6, 6.07) is -0.293. The number of nitrogens with zero attached hydrogens (tertiary/aromatic N) is 2. The van der Waals surface area contributed by atoms with Gasteiger partial charge in [-0.15, -0.1) is 0 Å². The van der Waals surface area contributed by atoms with Crippen molar-refractivity contribution in [1.82, 2.24) is 9.80 Å². The average molecular weight is 256 g/mol. The Morgan fingerprint density at radius 1 is 1.44 bits per heavy atom. The predicted molar refractivity (Wildman–Crippen MR) is 69.4 cm³/mol. The van der Waals surface area contributed by atoms with E-state index < -0.39 is 12.0 Å². The van der Waals surface area contributed by atoms with Gasteiger partial charge in [-0.25, -0.2) is 0 Å². The molecule has 5 nitrogen and oxygen atoms in total. The molecule has 0 saturated carbocycles. The number of piperidine rings is 1. The van der Waals surface area contributed by atoms with Crippen LogP contribution in [0.5, 0.6) is 0 Å². The number of hydrogen-bond donors (Lipinski definition) is 1. The smallest absolute Gasteiger partial charge is 0.320 e. The molecule has 5 heteroatoms. The fourth-order valence-electron chi connectivity index (χ4n) is 2.38. The molecule has 0 aromatic rings. The van der Waals surface area contributed by atoms with Crippen molar-refractivity contribution >= 4 is 11.9 Å². The van der Waals surface area contributed by atoms with E-state index in [9.17, 15) is 9.59 Å². The Kier molecular flexibility index (Phi) is 5.59. The molecule has 1 fully saturated rings. The minimum Gasteiger partial charge on any atom is -0.480 e. The van der Waals surface area contributed by atoms with E-state index in [1.807, 2.05) is 4.90 Å². The van der Waals surface area contributed by atoms with Crippen molar-refractivity contribution in [2.75, 3.05) is 20.1 Å². The molecule has 0 aliphatic carbocycles. The number of amides is 1. The molecule has 1 heterocycles. The summed E-state index contributed by atoms with van der Waals surface area (Å²) in [5.74, 6) is -0.840. The van der Waals surface area contributed by atoms with Crippen LogP contribution >= 0.6 is 0 Å². The van der Waals surface area contributed by atoms with Crippen molar-refractivity contribution in [2.24, 2.45) is 0 Å². The maximum atomic E-state index is 12.2. The Morgan fingerprint density at radius 2 is 2.11 bits per heavy atom. The second kappa shape index (κ2) is 6.73. The lowest BCUT2D eigenvalue weighted by molar-refractivity contribution is -0.144. The Hall–Kier alpha value is -1.10. The van der Waals surface area contributed by atoms with Crippen LogP contribution in [0.25, 0.3) is 0 Å². The molecule has 1 amide bonds. The lowest BCUT2D eigenvalue weighted by atomic mass is 10.00. The van der Waals surface area contributed by atoms with Crippen molar-refractivity contribution in [3.63, 3.8) is 0 Å². The molecule has 1 aliphatic rings. The van der Waals surface area contributed by atoms with E-state index in [0.717, 1.165) is 25.8 Å². The van der Waals surface area contributed by atoms with Crippen molar-refractivity contribution in [1.29, 1.82) is 0 Å². The summed E-state index contributed by atoms with van der Waals surface area (Å²) in [5, 5.41) is 8.91. The normalized spacial score (nSPS) is 22.0. The highest BCUT2D eigenvalue weighted by molar-refractivity contribution is 5.80. The minimum atomic E-state index is -0.893. The first-order chi connectivity index (χ1) is 8.47. The Morgan fingerprint density at radius 3 is 2.67 bits per heavy atom. The molecule has 1 saturated heterocycles. The first kappa shape index (κ1) is 15.0. The van der Waals surface area contributed by atoms with E-state index in [0.29, 0.717) is 6.04 Å². The van der Waals surface area contributed by atoms with Crippen LogP contribution in [0, 0.1) is 0 Å². The van der Waals surface area contributed by atoms with E-state index in [1.165, 1.54) is 6.42 Å². The van der Waals surface area contributed by atoms with Crippen molar-refractivity contribution < 1.29 is 14.7 Å². The Bertz CT molecular complexity index is 307. The van der Waals surface area contributed by atoms with Gasteiger partial charge >= 0.3 is 5.97 Å². The van der Waals surface area contributed by atoms with Crippen LogP contribution in [-0.2, 0) is 9.59 Å². The lowest BCUT2D eigenvalue weighted by Gasteiger charge is -2.36. The van der Waals surface area contributed by atoms with Gasteiger partial charge in [0.25, 0.3) is 0 Å². The molecule has 0 aromatic heterocycles. The van der Waals surface area contributed by atoms with Crippen LogP contribution in [0.1, 0.15) is 39.5 Å². The molecule has 1 aliphatic heterocycles. The van der Waals surface area contributed by atoms with E-state index >= 15 is 0 Å². The van der Waals surface area contributed by atoms with Crippen LogP contribution in [-0.4, -0.2) is 59.0 Å². The number of rotatable bonds is 5. The molecule has 18 heavy (non-hydrogen) atoms. The quantitative estimate of drug-likeness (QED) is 0.802. The standard InChI is InChI=1S/C13H24N2O3/c1-4-11-7-5-6-8-15(11)12(16)9-14(3)10(2)13(17)18/h10-11H,4-9H2,1-3H3,(H,17,18). The molecular formula is C13H24N2O3. The summed E-state index contributed by atoms with van der Waals surface area (Å²) < 4.78 is 0. The third kappa shape index (κ3) is 3.70. The van der Waals surface area contributed by atoms with Crippen LogP contribution in [0.2, 0.25) is 0 Å². The molecule has 104 valence electrons. The van der Waals surface area contributed by atoms with Gasteiger partial charge in [-0.1, -0.05) is 6.92 Å². The number of aliphatic carboxylic acids is 1. The van der Waals surface area contributed by atoms with Crippen LogP contribution in [0.15, 0.2) is 0 Å². The van der Waals surface area contributed by atoms with Gasteiger partial charge in [0.1, 0.15) is 6.04 Å². The topological polar surface area (TPSA) is 60.9 Å². The molecule has 1 N–H and O–H groups in total. The molecule has 0 bridgehead atoms. The summed E-state index contributed by atoms with van der Waals surface area (Å²) in [6.45, 7) is 4.69. The third-order valence-corrected chi connectivity index (χ3v) is 3.82.